The molecule has 1 aliphatic rings. The Labute approximate surface area is 213 Å². The molecule has 2 aromatic carbocycles. The first kappa shape index (κ1) is 23.9. The summed E-state index contributed by atoms with van der Waals surface area (Å²) in [5.74, 6) is 0.598. The Morgan fingerprint density at radius 3 is 2.33 bits per heavy atom. The van der Waals surface area contributed by atoms with E-state index in [4.69, 9.17) is 0 Å². The number of benzene rings is 2. The Morgan fingerprint density at radius 1 is 0.944 bits per heavy atom. The molecule has 0 saturated carbocycles. The third-order valence-electron chi connectivity index (χ3n) is 6.00. The number of anilines is 3. The van der Waals surface area contributed by atoms with Crippen molar-refractivity contribution in [2.45, 2.75) is 17.7 Å². The van der Waals surface area contributed by atoms with Crippen molar-refractivity contribution in [1.82, 2.24) is 15.2 Å². The summed E-state index contributed by atoms with van der Waals surface area (Å²) >= 11 is 1.20. The number of nitrogens with zero attached hydrogens (tertiary/aromatic N) is 4. The smallest absolute Gasteiger partial charge is 0.263 e. The quantitative estimate of drug-likeness (QED) is 0.374. The van der Waals surface area contributed by atoms with Crippen LogP contribution in [0.1, 0.15) is 12.8 Å². The highest BCUT2D eigenvalue weighted by Gasteiger charge is 2.26. The lowest BCUT2D eigenvalue weighted by atomic mass is 9.96. The summed E-state index contributed by atoms with van der Waals surface area (Å²) in [5.41, 5.74) is 2.40. The van der Waals surface area contributed by atoms with Crippen molar-refractivity contribution in [3.63, 3.8) is 0 Å². The Bertz CT molecular complexity index is 1400. The van der Waals surface area contributed by atoms with E-state index in [0.717, 1.165) is 17.1 Å². The Kier molecular flexibility index (Phi) is 6.92. The molecule has 9 nitrogen and oxygen atoms in total. The molecule has 184 valence electrons. The standard InChI is InChI=1S/C25H24N6O3S2/c32-24(27-20-6-8-21(9-7-20)36(33,34)30-25-26-14-17-35-25)19-12-15-31(16-13-19)23-11-10-22(28-29-23)18-4-2-1-3-5-18/h1-11,14,17,19H,12-13,15-16H2,(H,26,30)(H,27,32). The maximum absolute atomic E-state index is 12.8. The van der Waals surface area contributed by atoms with Crippen LogP contribution in [0.3, 0.4) is 0 Å². The number of hydrogen-bond acceptors (Lipinski definition) is 8. The van der Waals surface area contributed by atoms with Crippen LogP contribution < -0.4 is 14.9 Å². The van der Waals surface area contributed by atoms with Crippen molar-refractivity contribution in [3.8, 4) is 11.3 Å². The van der Waals surface area contributed by atoms with Crippen molar-refractivity contribution >= 4 is 43.9 Å². The highest BCUT2D eigenvalue weighted by Crippen LogP contribution is 2.25. The minimum atomic E-state index is -3.73. The van der Waals surface area contributed by atoms with Gasteiger partial charge < -0.3 is 10.2 Å². The average molecular weight is 521 g/mol. The summed E-state index contributed by atoms with van der Waals surface area (Å²) in [4.78, 5) is 19.0. The number of carbonyl (C=O) groups is 1. The second-order valence-corrected chi connectivity index (χ2v) is 10.9. The molecule has 1 fully saturated rings. The van der Waals surface area contributed by atoms with E-state index in [1.807, 2.05) is 42.5 Å². The van der Waals surface area contributed by atoms with Gasteiger partial charge >= 0.3 is 0 Å². The zero-order chi connectivity index (χ0) is 25.0. The fourth-order valence-electron chi connectivity index (χ4n) is 4.04. The highest BCUT2D eigenvalue weighted by molar-refractivity contribution is 7.93. The summed E-state index contributed by atoms with van der Waals surface area (Å²) in [6, 6.07) is 19.9. The summed E-state index contributed by atoms with van der Waals surface area (Å²) in [5, 5.41) is 13.6. The third-order valence-corrected chi connectivity index (χ3v) is 8.17. The lowest BCUT2D eigenvalue weighted by Crippen LogP contribution is -2.38. The van der Waals surface area contributed by atoms with Crippen LogP contribution in [0.5, 0.6) is 0 Å². The van der Waals surface area contributed by atoms with Crippen molar-refractivity contribution < 1.29 is 13.2 Å². The van der Waals surface area contributed by atoms with Gasteiger partial charge in [-0.3, -0.25) is 9.52 Å². The van der Waals surface area contributed by atoms with Crippen LogP contribution >= 0.6 is 11.3 Å². The number of nitrogens with one attached hydrogen (secondary N) is 2. The minimum absolute atomic E-state index is 0.0725. The molecule has 4 aromatic rings. The van der Waals surface area contributed by atoms with Gasteiger partial charge in [0.2, 0.25) is 5.91 Å². The maximum Gasteiger partial charge on any atom is 0.263 e. The van der Waals surface area contributed by atoms with E-state index in [-0.39, 0.29) is 16.7 Å². The van der Waals surface area contributed by atoms with Gasteiger partial charge in [0.05, 0.1) is 10.6 Å². The predicted molar refractivity (Wildman–Crippen MR) is 140 cm³/mol. The Hall–Kier alpha value is -3.83. The normalized spacial score (nSPS) is 14.4. The lowest BCUT2D eigenvalue weighted by Gasteiger charge is -2.31. The van der Waals surface area contributed by atoms with E-state index in [9.17, 15) is 13.2 Å². The highest BCUT2D eigenvalue weighted by atomic mass is 32.2. The SMILES string of the molecule is O=C(Nc1ccc(S(=O)(=O)Nc2nccs2)cc1)C1CCN(c2ccc(-c3ccccc3)nn2)CC1. The zero-order valence-corrected chi connectivity index (χ0v) is 20.9. The van der Waals surface area contributed by atoms with Gasteiger partial charge in [-0.05, 0) is 49.2 Å². The Morgan fingerprint density at radius 2 is 1.69 bits per heavy atom. The summed E-state index contributed by atoms with van der Waals surface area (Å²) in [7, 11) is -3.73. The first-order valence-corrected chi connectivity index (χ1v) is 13.8. The topological polar surface area (TPSA) is 117 Å². The van der Waals surface area contributed by atoms with Gasteiger partial charge in [-0.1, -0.05) is 30.3 Å². The number of piperidine rings is 1. The Balaban J connectivity index is 1.14. The number of hydrogen-bond donors (Lipinski definition) is 2. The molecule has 36 heavy (non-hydrogen) atoms. The van der Waals surface area contributed by atoms with Gasteiger partial charge in [-0.25, -0.2) is 13.4 Å². The largest absolute Gasteiger partial charge is 0.355 e. The third kappa shape index (κ3) is 5.52. The van der Waals surface area contributed by atoms with Gasteiger partial charge in [0, 0.05) is 41.8 Å². The summed E-state index contributed by atoms with van der Waals surface area (Å²) in [6.45, 7) is 1.41. The van der Waals surface area contributed by atoms with Crippen LogP contribution in [0.15, 0.2) is 83.2 Å². The predicted octanol–water partition coefficient (Wildman–Crippen LogP) is 4.26. The molecular formula is C25H24N6O3S2. The first-order chi connectivity index (χ1) is 17.5. The zero-order valence-electron chi connectivity index (χ0n) is 19.2. The molecule has 11 heteroatoms. The molecular weight excluding hydrogens is 496 g/mol. The van der Waals surface area contributed by atoms with E-state index in [1.165, 1.54) is 29.7 Å². The summed E-state index contributed by atoms with van der Waals surface area (Å²) in [6.07, 6.45) is 2.91. The van der Waals surface area contributed by atoms with Crippen LogP contribution in [0.4, 0.5) is 16.6 Å². The minimum Gasteiger partial charge on any atom is -0.355 e. The van der Waals surface area contributed by atoms with Crippen molar-refractivity contribution in [2.75, 3.05) is 28.0 Å². The van der Waals surface area contributed by atoms with Crippen molar-refractivity contribution in [3.05, 3.63) is 78.3 Å². The molecule has 1 amide bonds. The molecule has 5 rings (SSSR count). The second-order valence-electron chi connectivity index (χ2n) is 8.36. The maximum atomic E-state index is 12.8. The van der Waals surface area contributed by atoms with Crippen LogP contribution in [-0.2, 0) is 14.8 Å². The van der Waals surface area contributed by atoms with Gasteiger partial charge in [-0.2, -0.15) is 0 Å². The van der Waals surface area contributed by atoms with E-state index >= 15 is 0 Å². The molecule has 2 N–H and O–H groups in total. The van der Waals surface area contributed by atoms with Crippen LogP contribution in [-0.4, -0.2) is 42.6 Å². The number of sulfonamides is 1. The molecule has 0 unspecified atom stereocenters. The van der Waals surface area contributed by atoms with Gasteiger partial charge in [0.25, 0.3) is 10.0 Å². The molecule has 0 radical (unpaired) electrons. The molecule has 1 saturated heterocycles. The van der Waals surface area contributed by atoms with E-state index in [1.54, 1.807) is 17.5 Å². The van der Waals surface area contributed by atoms with Crippen LogP contribution in [0.2, 0.25) is 0 Å². The first-order valence-electron chi connectivity index (χ1n) is 11.5. The summed E-state index contributed by atoms with van der Waals surface area (Å²) < 4.78 is 27.4. The van der Waals surface area contributed by atoms with Crippen molar-refractivity contribution in [1.29, 1.82) is 0 Å². The van der Waals surface area contributed by atoms with Gasteiger partial charge in [0.1, 0.15) is 0 Å². The molecule has 2 aromatic heterocycles. The van der Waals surface area contributed by atoms with E-state index in [0.29, 0.717) is 36.8 Å². The number of thiazole rings is 1. The molecule has 3 heterocycles. The van der Waals surface area contributed by atoms with Gasteiger partial charge in [-0.15, -0.1) is 21.5 Å². The van der Waals surface area contributed by atoms with Crippen molar-refractivity contribution in [2.24, 2.45) is 5.92 Å². The fraction of sp³-hybridized carbons (Fsp3) is 0.200. The monoisotopic (exact) mass is 520 g/mol. The van der Waals surface area contributed by atoms with Gasteiger partial charge in [0.15, 0.2) is 10.9 Å². The molecule has 0 atom stereocenters. The fourth-order valence-corrected chi connectivity index (χ4v) is 5.83. The second kappa shape index (κ2) is 10.4. The number of amides is 1. The molecule has 0 bridgehead atoms. The van der Waals surface area contributed by atoms with Crippen LogP contribution in [0, 0.1) is 5.92 Å². The number of rotatable bonds is 7. The van der Waals surface area contributed by atoms with E-state index < -0.39 is 10.0 Å². The van der Waals surface area contributed by atoms with E-state index in [2.05, 4.69) is 30.1 Å². The lowest BCUT2D eigenvalue weighted by molar-refractivity contribution is -0.120. The molecule has 0 aliphatic carbocycles. The molecule has 0 spiro atoms. The number of carbonyl (C=O) groups excluding carboxylic acids is 1. The average Bonchev–Trinajstić information content (AvgIpc) is 3.42. The number of aromatic nitrogens is 3. The molecule has 1 aliphatic heterocycles. The van der Waals surface area contributed by atoms with Crippen LogP contribution in [0.25, 0.3) is 11.3 Å².